The Morgan fingerprint density at radius 3 is 1.47 bits per heavy atom. The van der Waals surface area contributed by atoms with Crippen LogP contribution in [0.4, 0.5) is 0 Å². The van der Waals surface area contributed by atoms with Crippen molar-refractivity contribution in [1.29, 1.82) is 0 Å². The zero-order chi connectivity index (χ0) is 12.2. The average Bonchev–Trinajstić information content (AvgIpc) is 2.00. The maximum Gasteiger partial charge on any atom is 0.281 e. The summed E-state index contributed by atoms with van der Waals surface area (Å²) in [5.74, 6) is 0.692. The Hall–Kier alpha value is -0.130. The molecule has 0 aromatic rings. The van der Waals surface area contributed by atoms with Crippen LogP contribution in [0.3, 0.4) is 0 Å². The van der Waals surface area contributed by atoms with Crippen LogP contribution in [0.15, 0.2) is 0 Å². The highest BCUT2D eigenvalue weighted by Crippen LogP contribution is 2.11. The Bertz CT molecular complexity index is 261. The van der Waals surface area contributed by atoms with E-state index in [0.717, 1.165) is 0 Å². The zero-order valence-corrected chi connectivity index (χ0v) is 11.5. The van der Waals surface area contributed by atoms with E-state index in [1.807, 2.05) is 27.7 Å². The molecule has 0 aliphatic carbocycles. The minimum atomic E-state index is -3.26. The van der Waals surface area contributed by atoms with Gasteiger partial charge in [-0.2, -0.15) is 17.0 Å². The third-order valence-electron chi connectivity index (χ3n) is 1.93. The highest BCUT2D eigenvalue weighted by atomic mass is 32.2. The first-order chi connectivity index (χ1) is 6.67. The zero-order valence-electron chi connectivity index (χ0n) is 10.7. The van der Waals surface area contributed by atoms with Crippen molar-refractivity contribution in [2.45, 2.75) is 27.7 Å². The molecule has 0 atom stereocenters. The monoisotopic (exact) mass is 236 g/mol. The summed E-state index contributed by atoms with van der Waals surface area (Å²) < 4.78 is 26.7. The molecule has 0 radical (unpaired) electrons. The number of hydrogen-bond acceptors (Lipinski definition) is 2. The molecule has 0 saturated carbocycles. The van der Waals surface area contributed by atoms with Gasteiger partial charge in [0.25, 0.3) is 10.2 Å². The largest absolute Gasteiger partial charge is 0.281 e. The van der Waals surface area contributed by atoms with Crippen LogP contribution < -0.4 is 0 Å². The van der Waals surface area contributed by atoms with Crippen LogP contribution in [0.1, 0.15) is 27.7 Å². The van der Waals surface area contributed by atoms with Crippen LogP contribution in [0, 0.1) is 11.8 Å². The topological polar surface area (TPSA) is 40.6 Å². The lowest BCUT2D eigenvalue weighted by atomic mass is 10.2. The Morgan fingerprint density at radius 1 is 0.933 bits per heavy atom. The molecule has 0 unspecified atom stereocenters. The average molecular weight is 236 g/mol. The van der Waals surface area contributed by atoms with Crippen molar-refractivity contribution >= 4 is 10.2 Å². The second-order valence-corrected chi connectivity index (χ2v) is 7.04. The van der Waals surface area contributed by atoms with Gasteiger partial charge >= 0.3 is 0 Å². The van der Waals surface area contributed by atoms with Gasteiger partial charge in [-0.25, -0.2) is 0 Å². The lowest BCUT2D eigenvalue weighted by molar-refractivity contribution is 0.313. The van der Waals surface area contributed by atoms with Crippen LogP contribution in [0.5, 0.6) is 0 Å². The molecule has 0 amide bonds. The minimum Gasteiger partial charge on any atom is -0.195 e. The van der Waals surface area contributed by atoms with Crippen LogP contribution in [-0.2, 0) is 10.2 Å². The van der Waals surface area contributed by atoms with Crippen molar-refractivity contribution in [3.63, 3.8) is 0 Å². The van der Waals surface area contributed by atoms with Crippen molar-refractivity contribution in [1.82, 2.24) is 8.61 Å². The van der Waals surface area contributed by atoms with Gasteiger partial charge in [0.1, 0.15) is 0 Å². The number of hydrogen-bond donors (Lipinski definition) is 0. The van der Waals surface area contributed by atoms with Gasteiger partial charge in [-0.15, -0.1) is 0 Å². The molecule has 0 aromatic heterocycles. The van der Waals surface area contributed by atoms with E-state index in [2.05, 4.69) is 0 Å². The van der Waals surface area contributed by atoms with Crippen molar-refractivity contribution in [2.24, 2.45) is 11.8 Å². The smallest absolute Gasteiger partial charge is 0.195 e. The highest BCUT2D eigenvalue weighted by Gasteiger charge is 2.25. The third-order valence-corrected chi connectivity index (χ3v) is 3.80. The molecule has 0 fully saturated rings. The quantitative estimate of drug-likeness (QED) is 0.699. The Kier molecular flexibility index (Phi) is 5.77. The lowest BCUT2D eigenvalue weighted by Crippen LogP contribution is -2.43. The van der Waals surface area contributed by atoms with E-state index in [1.165, 1.54) is 4.31 Å². The van der Waals surface area contributed by atoms with Gasteiger partial charge in [0, 0.05) is 27.2 Å². The molecule has 0 aliphatic rings. The maximum atomic E-state index is 12.0. The van der Waals surface area contributed by atoms with E-state index in [9.17, 15) is 8.42 Å². The molecule has 0 N–H and O–H groups in total. The third kappa shape index (κ3) is 4.95. The van der Waals surface area contributed by atoms with Crippen LogP contribution in [0.2, 0.25) is 0 Å². The summed E-state index contributed by atoms with van der Waals surface area (Å²) in [6.07, 6.45) is 0. The highest BCUT2D eigenvalue weighted by molar-refractivity contribution is 7.86. The van der Waals surface area contributed by atoms with Gasteiger partial charge < -0.3 is 0 Å². The van der Waals surface area contributed by atoms with E-state index in [1.54, 1.807) is 18.4 Å². The number of nitrogens with zero attached hydrogens (tertiary/aromatic N) is 2. The molecule has 0 saturated heterocycles. The second kappa shape index (κ2) is 5.82. The summed E-state index contributed by atoms with van der Waals surface area (Å²) >= 11 is 0. The van der Waals surface area contributed by atoms with Gasteiger partial charge in [-0.1, -0.05) is 27.7 Å². The fraction of sp³-hybridized carbons (Fsp3) is 1.00. The van der Waals surface area contributed by atoms with Crippen molar-refractivity contribution in [3.05, 3.63) is 0 Å². The summed E-state index contributed by atoms with van der Waals surface area (Å²) in [5.41, 5.74) is 0. The lowest BCUT2D eigenvalue weighted by Gasteiger charge is -2.28. The van der Waals surface area contributed by atoms with Gasteiger partial charge in [0.05, 0.1) is 0 Å². The first-order valence-corrected chi connectivity index (χ1v) is 6.75. The summed E-state index contributed by atoms with van der Waals surface area (Å²) in [6, 6.07) is 0. The van der Waals surface area contributed by atoms with E-state index < -0.39 is 10.2 Å². The van der Waals surface area contributed by atoms with E-state index in [0.29, 0.717) is 24.9 Å². The first kappa shape index (κ1) is 14.9. The fourth-order valence-corrected chi connectivity index (χ4v) is 2.74. The molecule has 0 aromatic carbocycles. The van der Waals surface area contributed by atoms with E-state index in [-0.39, 0.29) is 0 Å². The molecular weight excluding hydrogens is 212 g/mol. The molecule has 0 aliphatic heterocycles. The predicted molar refractivity (Wildman–Crippen MR) is 63.9 cm³/mol. The first-order valence-electron chi connectivity index (χ1n) is 5.35. The Morgan fingerprint density at radius 2 is 1.27 bits per heavy atom. The molecule has 0 spiro atoms. The Balaban J connectivity index is 4.77. The SMILES string of the molecule is CC(C)CN(CC(C)C)S(=O)(=O)N(C)C. The van der Waals surface area contributed by atoms with Crippen LogP contribution >= 0.6 is 0 Å². The number of rotatable bonds is 6. The fourth-order valence-electron chi connectivity index (χ4n) is 1.31. The van der Waals surface area contributed by atoms with Crippen LogP contribution in [0.25, 0.3) is 0 Å². The molecule has 0 heterocycles. The van der Waals surface area contributed by atoms with Crippen molar-refractivity contribution < 1.29 is 8.42 Å². The molecule has 92 valence electrons. The van der Waals surface area contributed by atoms with Crippen molar-refractivity contribution in [3.8, 4) is 0 Å². The second-order valence-electron chi connectivity index (χ2n) is 4.89. The van der Waals surface area contributed by atoms with Gasteiger partial charge in [0.2, 0.25) is 0 Å². The summed E-state index contributed by atoms with van der Waals surface area (Å²) in [4.78, 5) is 0. The Labute approximate surface area is 94.4 Å². The van der Waals surface area contributed by atoms with E-state index >= 15 is 0 Å². The van der Waals surface area contributed by atoms with E-state index in [4.69, 9.17) is 0 Å². The van der Waals surface area contributed by atoms with Crippen LogP contribution in [-0.4, -0.2) is 44.2 Å². The van der Waals surface area contributed by atoms with Gasteiger partial charge in [-0.05, 0) is 11.8 Å². The molecule has 15 heavy (non-hydrogen) atoms. The summed E-state index contributed by atoms with van der Waals surface area (Å²) in [5, 5.41) is 0. The van der Waals surface area contributed by atoms with Gasteiger partial charge in [-0.3, -0.25) is 0 Å². The molecule has 5 heteroatoms. The van der Waals surface area contributed by atoms with Gasteiger partial charge in [0.15, 0.2) is 0 Å². The normalized spacial score (nSPS) is 13.5. The molecular formula is C10H24N2O2S. The molecule has 0 rings (SSSR count). The summed E-state index contributed by atoms with van der Waals surface area (Å²) in [6.45, 7) is 9.27. The predicted octanol–water partition coefficient (Wildman–Crippen LogP) is 1.41. The molecule has 0 bridgehead atoms. The molecule has 4 nitrogen and oxygen atoms in total. The van der Waals surface area contributed by atoms with Crippen molar-refractivity contribution in [2.75, 3.05) is 27.2 Å². The standard InChI is InChI=1S/C10H24N2O2S/c1-9(2)7-12(8-10(3)4)15(13,14)11(5)6/h9-10H,7-8H2,1-6H3. The maximum absolute atomic E-state index is 12.0. The minimum absolute atomic E-state index is 0.346. The summed E-state index contributed by atoms with van der Waals surface area (Å²) in [7, 11) is -0.118.